The molecule has 0 aliphatic carbocycles. The van der Waals surface area contributed by atoms with Crippen LogP contribution in [0.15, 0.2) is 12.7 Å². The molecule has 0 unspecified atom stereocenters. The zero-order valence-electron chi connectivity index (χ0n) is 13.5. The second-order valence-corrected chi connectivity index (χ2v) is 6.48. The molecule has 1 atom stereocenters. The maximum atomic E-state index is 12.7. The molecule has 1 fully saturated rings. The van der Waals surface area contributed by atoms with Crippen LogP contribution >= 0.6 is 0 Å². The largest absolute Gasteiger partial charge is 0.341 e. The van der Waals surface area contributed by atoms with Crippen LogP contribution in [0.25, 0.3) is 0 Å². The van der Waals surface area contributed by atoms with E-state index >= 15 is 0 Å². The molecular weight excluding hydrogens is 266 g/mol. The predicted octanol–water partition coefficient (Wildman–Crippen LogP) is 1.46. The van der Waals surface area contributed by atoms with Gasteiger partial charge in [-0.05, 0) is 18.8 Å². The summed E-state index contributed by atoms with van der Waals surface area (Å²) < 4.78 is 1.91. The molecule has 1 aromatic heterocycles. The minimum absolute atomic E-state index is 0.0899. The summed E-state index contributed by atoms with van der Waals surface area (Å²) in [5.74, 6) is 0.531. The summed E-state index contributed by atoms with van der Waals surface area (Å²) in [5, 5.41) is 7.60. The third kappa shape index (κ3) is 4.03. The van der Waals surface area contributed by atoms with Gasteiger partial charge in [0.05, 0.1) is 12.1 Å². The average Bonchev–Trinajstić information content (AvgIpc) is 2.98. The zero-order valence-corrected chi connectivity index (χ0v) is 13.5. The van der Waals surface area contributed by atoms with Gasteiger partial charge in [0.1, 0.15) is 12.7 Å². The molecule has 2 heterocycles. The molecule has 2 rings (SSSR count). The van der Waals surface area contributed by atoms with Gasteiger partial charge in [-0.1, -0.05) is 27.7 Å². The van der Waals surface area contributed by atoms with Gasteiger partial charge in [0.15, 0.2) is 0 Å². The molecule has 1 aliphatic heterocycles. The number of likely N-dealkylation sites (tertiary alicyclic amines) is 1. The van der Waals surface area contributed by atoms with Crippen molar-refractivity contribution in [3.63, 3.8) is 0 Å². The fourth-order valence-electron chi connectivity index (χ4n) is 2.86. The standard InChI is InChI=1S/C15H27N5O/c1-11(2)14(18-12(3)4)15(21)19-7-5-13(6-8-19)20-10-16-9-17-20/h9-14,18H,5-8H2,1-4H3/t14-/m0/s1. The number of carbonyl (C=O) groups is 1. The van der Waals surface area contributed by atoms with E-state index in [0.29, 0.717) is 18.0 Å². The van der Waals surface area contributed by atoms with E-state index in [-0.39, 0.29) is 11.9 Å². The molecule has 1 aliphatic rings. The topological polar surface area (TPSA) is 63.1 Å². The number of nitrogens with one attached hydrogen (secondary N) is 1. The van der Waals surface area contributed by atoms with Gasteiger partial charge >= 0.3 is 0 Å². The Balaban J connectivity index is 1.92. The van der Waals surface area contributed by atoms with Crippen molar-refractivity contribution in [2.75, 3.05) is 13.1 Å². The quantitative estimate of drug-likeness (QED) is 0.893. The summed E-state index contributed by atoms with van der Waals surface area (Å²) in [6.07, 6.45) is 5.22. The lowest BCUT2D eigenvalue weighted by molar-refractivity contribution is -0.136. The highest BCUT2D eigenvalue weighted by molar-refractivity contribution is 5.82. The third-order valence-electron chi connectivity index (χ3n) is 4.03. The maximum absolute atomic E-state index is 12.7. The van der Waals surface area contributed by atoms with Gasteiger partial charge in [-0.3, -0.25) is 4.79 Å². The Hall–Kier alpha value is -1.43. The van der Waals surface area contributed by atoms with Crippen LogP contribution < -0.4 is 5.32 Å². The van der Waals surface area contributed by atoms with E-state index in [1.54, 1.807) is 12.7 Å². The van der Waals surface area contributed by atoms with Crippen LogP contribution in [-0.4, -0.2) is 50.7 Å². The van der Waals surface area contributed by atoms with E-state index < -0.39 is 0 Å². The molecule has 1 aromatic rings. The van der Waals surface area contributed by atoms with Crippen LogP contribution in [0, 0.1) is 5.92 Å². The number of amides is 1. The number of aromatic nitrogens is 3. The van der Waals surface area contributed by atoms with E-state index in [1.807, 2.05) is 9.58 Å². The van der Waals surface area contributed by atoms with Gasteiger partial charge in [-0.25, -0.2) is 9.67 Å². The molecule has 0 saturated carbocycles. The van der Waals surface area contributed by atoms with Gasteiger partial charge in [-0.15, -0.1) is 0 Å². The van der Waals surface area contributed by atoms with Crippen molar-refractivity contribution in [1.29, 1.82) is 0 Å². The second-order valence-electron chi connectivity index (χ2n) is 6.48. The van der Waals surface area contributed by atoms with Gasteiger partial charge < -0.3 is 10.2 Å². The van der Waals surface area contributed by atoms with Gasteiger partial charge in [0.2, 0.25) is 5.91 Å². The van der Waals surface area contributed by atoms with E-state index in [9.17, 15) is 4.79 Å². The van der Waals surface area contributed by atoms with Crippen molar-refractivity contribution in [1.82, 2.24) is 25.0 Å². The third-order valence-corrected chi connectivity index (χ3v) is 4.03. The van der Waals surface area contributed by atoms with Crippen molar-refractivity contribution in [3.8, 4) is 0 Å². The minimum atomic E-state index is -0.0899. The molecule has 6 heteroatoms. The number of carbonyl (C=O) groups excluding carboxylic acids is 1. The van der Waals surface area contributed by atoms with E-state index in [4.69, 9.17) is 0 Å². The van der Waals surface area contributed by atoms with E-state index in [2.05, 4.69) is 43.1 Å². The Morgan fingerprint density at radius 1 is 1.24 bits per heavy atom. The first-order valence-corrected chi connectivity index (χ1v) is 7.88. The van der Waals surface area contributed by atoms with Crippen molar-refractivity contribution >= 4 is 5.91 Å². The average molecular weight is 293 g/mol. The highest BCUT2D eigenvalue weighted by Gasteiger charge is 2.30. The summed E-state index contributed by atoms with van der Waals surface area (Å²) in [4.78, 5) is 18.7. The predicted molar refractivity (Wildman–Crippen MR) is 81.8 cm³/mol. The SMILES string of the molecule is CC(C)N[C@H](C(=O)N1CCC(n2cncn2)CC1)C(C)C. The van der Waals surface area contributed by atoms with Crippen molar-refractivity contribution in [2.24, 2.45) is 5.92 Å². The fraction of sp³-hybridized carbons (Fsp3) is 0.800. The number of nitrogens with zero attached hydrogens (tertiary/aromatic N) is 4. The first-order valence-electron chi connectivity index (χ1n) is 7.88. The Morgan fingerprint density at radius 2 is 1.90 bits per heavy atom. The van der Waals surface area contributed by atoms with Crippen molar-refractivity contribution in [3.05, 3.63) is 12.7 Å². The fourth-order valence-corrected chi connectivity index (χ4v) is 2.86. The Bertz CT molecular complexity index is 435. The summed E-state index contributed by atoms with van der Waals surface area (Å²) in [6, 6.07) is 0.592. The van der Waals surface area contributed by atoms with Crippen LogP contribution in [0.1, 0.15) is 46.6 Å². The highest BCUT2D eigenvalue weighted by Crippen LogP contribution is 2.22. The smallest absolute Gasteiger partial charge is 0.239 e. The summed E-state index contributed by atoms with van der Waals surface area (Å²) in [5.41, 5.74) is 0. The molecule has 0 radical (unpaired) electrons. The minimum Gasteiger partial charge on any atom is -0.341 e. The van der Waals surface area contributed by atoms with E-state index in [1.165, 1.54) is 0 Å². The summed E-state index contributed by atoms with van der Waals surface area (Å²) in [6.45, 7) is 9.96. The molecular formula is C15H27N5O. The molecule has 1 saturated heterocycles. The highest BCUT2D eigenvalue weighted by atomic mass is 16.2. The van der Waals surface area contributed by atoms with Crippen molar-refractivity contribution in [2.45, 2.75) is 58.7 Å². The lowest BCUT2D eigenvalue weighted by atomic mass is 9.99. The summed E-state index contributed by atoms with van der Waals surface area (Å²) in [7, 11) is 0. The first kappa shape index (κ1) is 15.9. The lowest BCUT2D eigenvalue weighted by Crippen LogP contribution is -2.53. The van der Waals surface area contributed by atoms with Crippen LogP contribution in [0.4, 0.5) is 0 Å². The molecule has 21 heavy (non-hydrogen) atoms. The van der Waals surface area contributed by atoms with Crippen LogP contribution in [0.5, 0.6) is 0 Å². The van der Waals surface area contributed by atoms with Crippen LogP contribution in [-0.2, 0) is 4.79 Å². The maximum Gasteiger partial charge on any atom is 0.239 e. The Morgan fingerprint density at radius 3 is 2.38 bits per heavy atom. The molecule has 1 amide bonds. The van der Waals surface area contributed by atoms with Crippen LogP contribution in [0.3, 0.4) is 0 Å². The Labute approximate surface area is 126 Å². The van der Waals surface area contributed by atoms with Crippen molar-refractivity contribution < 1.29 is 4.79 Å². The summed E-state index contributed by atoms with van der Waals surface area (Å²) >= 11 is 0. The van der Waals surface area contributed by atoms with Gasteiger partial charge in [0, 0.05) is 19.1 Å². The monoisotopic (exact) mass is 293 g/mol. The number of rotatable bonds is 5. The number of hydrogen-bond acceptors (Lipinski definition) is 4. The first-order chi connectivity index (χ1) is 9.99. The van der Waals surface area contributed by atoms with Gasteiger partial charge in [-0.2, -0.15) is 5.10 Å². The van der Waals surface area contributed by atoms with Crippen LogP contribution in [0.2, 0.25) is 0 Å². The molecule has 0 bridgehead atoms. The molecule has 1 N–H and O–H groups in total. The molecule has 118 valence electrons. The molecule has 6 nitrogen and oxygen atoms in total. The molecule has 0 spiro atoms. The Kier molecular flexibility index (Phi) is 5.33. The normalized spacial score (nSPS) is 18.5. The lowest BCUT2D eigenvalue weighted by Gasteiger charge is -2.36. The molecule has 0 aromatic carbocycles. The van der Waals surface area contributed by atoms with Gasteiger partial charge in [0.25, 0.3) is 0 Å². The number of piperidine rings is 1. The van der Waals surface area contributed by atoms with E-state index in [0.717, 1.165) is 25.9 Å². The number of hydrogen-bond donors (Lipinski definition) is 1. The zero-order chi connectivity index (χ0) is 15.4. The second kappa shape index (κ2) is 7.02.